The van der Waals surface area contributed by atoms with Gasteiger partial charge in [0, 0.05) is 6.61 Å². The van der Waals surface area contributed by atoms with Crippen LogP contribution in [0, 0.1) is 5.92 Å². The van der Waals surface area contributed by atoms with E-state index in [0.717, 1.165) is 0 Å². The number of hydrogen-bond donors (Lipinski definition) is 1. The van der Waals surface area contributed by atoms with E-state index >= 15 is 0 Å². The third-order valence-corrected chi connectivity index (χ3v) is 14.9. The molecule has 0 bridgehead atoms. The van der Waals surface area contributed by atoms with E-state index in [-0.39, 0.29) is 0 Å². The lowest BCUT2D eigenvalue weighted by molar-refractivity contribution is 0.199. The Morgan fingerprint density at radius 3 is 1.48 bits per heavy atom. The van der Waals surface area contributed by atoms with Crippen molar-refractivity contribution in [3.05, 3.63) is 0 Å². The Labute approximate surface area is 135 Å². The minimum Gasteiger partial charge on any atom is -0.416 e. The predicted molar refractivity (Wildman–Crippen MR) is 96.2 cm³/mol. The minimum absolute atomic E-state index is 0.487. The van der Waals surface area contributed by atoms with Crippen molar-refractivity contribution in [2.45, 2.75) is 66.2 Å². The molecule has 0 aromatic heterocycles. The van der Waals surface area contributed by atoms with E-state index in [1.54, 1.807) is 13.1 Å². The maximum absolute atomic E-state index is 9.96. The van der Waals surface area contributed by atoms with Gasteiger partial charge < -0.3 is 21.6 Å². The average Bonchev–Trinajstić information content (AvgIpc) is 2.05. The topological polar surface area (TPSA) is 57.2 Å². The number of rotatable bonds is 9. The van der Waals surface area contributed by atoms with Crippen molar-refractivity contribution >= 4 is 34.2 Å². The molecule has 0 aliphatic carbocycles. The van der Waals surface area contributed by atoms with Crippen LogP contribution in [0.15, 0.2) is 0 Å². The Hall–Kier alpha value is 0.668. The van der Waals surface area contributed by atoms with Gasteiger partial charge in [0.25, 0.3) is 0 Å². The summed E-state index contributed by atoms with van der Waals surface area (Å²) in [5.74, 6) is 0.487. The fourth-order valence-corrected chi connectivity index (χ4v) is 18.6. The zero-order valence-corrected chi connectivity index (χ0v) is 19.4. The summed E-state index contributed by atoms with van der Waals surface area (Å²) in [6.07, 6.45) is 0. The maximum Gasteiger partial charge on any atom is 0.322 e. The molecule has 128 valence electrons. The summed E-state index contributed by atoms with van der Waals surface area (Å²) in [5.41, 5.74) is 0. The second-order valence-electron chi connectivity index (χ2n) is 7.66. The smallest absolute Gasteiger partial charge is 0.322 e. The van der Waals surface area contributed by atoms with Crippen LogP contribution in [0.25, 0.3) is 0 Å². The van der Waals surface area contributed by atoms with E-state index in [4.69, 9.17) is 16.8 Å². The van der Waals surface area contributed by atoms with Gasteiger partial charge in [0.1, 0.15) is 0 Å². The maximum atomic E-state index is 9.96. The molecular formula is C12H34O5Si4. The van der Waals surface area contributed by atoms with Crippen LogP contribution in [0.3, 0.4) is 0 Å². The Bertz CT molecular complexity index is 326. The zero-order valence-electron chi connectivity index (χ0n) is 15.4. The lowest BCUT2D eigenvalue weighted by Crippen LogP contribution is -2.57. The molecule has 0 aromatic rings. The van der Waals surface area contributed by atoms with Crippen molar-refractivity contribution in [2.75, 3.05) is 6.61 Å². The predicted octanol–water partition coefficient (Wildman–Crippen LogP) is 3.51. The van der Waals surface area contributed by atoms with Gasteiger partial charge in [0.05, 0.1) is 0 Å². The summed E-state index contributed by atoms with van der Waals surface area (Å²) in [6, 6.07) is 0. The highest BCUT2D eigenvalue weighted by Crippen LogP contribution is 2.23. The van der Waals surface area contributed by atoms with E-state index in [9.17, 15) is 4.80 Å². The zero-order chi connectivity index (χ0) is 17.1. The van der Waals surface area contributed by atoms with E-state index in [1.807, 2.05) is 39.3 Å². The third-order valence-electron chi connectivity index (χ3n) is 2.24. The van der Waals surface area contributed by atoms with Crippen LogP contribution >= 0.6 is 0 Å². The summed E-state index contributed by atoms with van der Waals surface area (Å²) in [4.78, 5) is 9.96. The van der Waals surface area contributed by atoms with Gasteiger partial charge in [-0.3, -0.25) is 0 Å². The molecule has 5 nitrogen and oxygen atoms in total. The van der Waals surface area contributed by atoms with E-state index in [1.165, 1.54) is 0 Å². The quantitative estimate of drug-likeness (QED) is 0.629. The van der Waals surface area contributed by atoms with Crippen LogP contribution in [0.1, 0.15) is 13.8 Å². The van der Waals surface area contributed by atoms with Crippen LogP contribution in [0.5, 0.6) is 0 Å². The molecule has 0 aliphatic heterocycles. The van der Waals surface area contributed by atoms with Crippen molar-refractivity contribution in [2.24, 2.45) is 5.92 Å². The third kappa shape index (κ3) is 11.8. The summed E-state index contributed by atoms with van der Waals surface area (Å²) in [5, 5.41) is 0. The highest BCUT2D eigenvalue weighted by atomic mass is 28.5. The molecule has 0 saturated carbocycles. The van der Waals surface area contributed by atoms with Crippen LogP contribution in [-0.4, -0.2) is 45.6 Å². The van der Waals surface area contributed by atoms with Gasteiger partial charge in [-0.25, -0.2) is 0 Å². The lowest BCUT2D eigenvalue weighted by Gasteiger charge is -2.39. The van der Waals surface area contributed by atoms with Crippen LogP contribution in [-0.2, 0) is 16.8 Å². The first-order valence-electron chi connectivity index (χ1n) is 7.50. The van der Waals surface area contributed by atoms with Crippen LogP contribution in [0.2, 0.25) is 52.4 Å². The van der Waals surface area contributed by atoms with Crippen molar-refractivity contribution in [3.8, 4) is 0 Å². The van der Waals surface area contributed by atoms with Crippen molar-refractivity contribution in [1.29, 1.82) is 0 Å². The first-order chi connectivity index (χ1) is 9.04. The molecule has 1 N–H and O–H groups in total. The van der Waals surface area contributed by atoms with Crippen LogP contribution < -0.4 is 0 Å². The highest BCUT2D eigenvalue weighted by molar-refractivity contribution is 6.87. The molecule has 0 rings (SSSR count). The van der Waals surface area contributed by atoms with E-state index in [2.05, 4.69) is 13.8 Å². The molecule has 0 fully saturated rings. The molecule has 0 aliphatic rings. The molecule has 9 heteroatoms. The molecule has 0 spiro atoms. The van der Waals surface area contributed by atoms with Crippen molar-refractivity contribution in [3.63, 3.8) is 0 Å². The van der Waals surface area contributed by atoms with Gasteiger partial charge in [-0.1, -0.05) is 13.8 Å². The second kappa shape index (κ2) is 7.49. The molecular weight excluding hydrogens is 336 g/mol. The number of hydrogen-bond acceptors (Lipinski definition) is 5. The summed E-state index contributed by atoms with van der Waals surface area (Å²) < 4.78 is 24.2. The van der Waals surface area contributed by atoms with Gasteiger partial charge in [-0.2, -0.15) is 0 Å². The van der Waals surface area contributed by atoms with Gasteiger partial charge in [-0.05, 0) is 58.3 Å². The average molecular weight is 371 g/mol. The molecule has 0 heterocycles. The molecule has 0 aromatic carbocycles. The van der Waals surface area contributed by atoms with Crippen LogP contribution in [0.4, 0.5) is 0 Å². The standard InChI is InChI=1S/C12H34O5Si4/c1-12(2)11-14-19(5,6)16-21(9,10)17-20(7,8)15-18(3,4)13/h12-13H,11H2,1-10H3. The van der Waals surface area contributed by atoms with Gasteiger partial charge >= 0.3 is 34.2 Å². The molecule has 0 amide bonds. The monoisotopic (exact) mass is 370 g/mol. The lowest BCUT2D eigenvalue weighted by atomic mass is 10.2. The molecule has 0 unspecified atom stereocenters. The fraction of sp³-hybridized carbons (Fsp3) is 1.00. The van der Waals surface area contributed by atoms with E-state index < -0.39 is 34.2 Å². The SMILES string of the molecule is CC(C)CO[Si](C)(C)O[Si](C)(C)O[Si](C)(C)O[Si](C)(C)O. The first-order valence-corrected chi connectivity index (χ1v) is 18.8. The van der Waals surface area contributed by atoms with Gasteiger partial charge in [0.15, 0.2) is 0 Å². The van der Waals surface area contributed by atoms with Crippen molar-refractivity contribution in [1.82, 2.24) is 0 Å². The molecule has 0 atom stereocenters. The summed E-state index contributed by atoms with van der Waals surface area (Å²) >= 11 is 0. The normalized spacial score (nSPS) is 14.9. The Morgan fingerprint density at radius 2 is 1.10 bits per heavy atom. The Kier molecular flexibility index (Phi) is 7.73. The van der Waals surface area contributed by atoms with Gasteiger partial charge in [0.2, 0.25) is 0 Å². The van der Waals surface area contributed by atoms with Crippen molar-refractivity contribution < 1.29 is 21.6 Å². The largest absolute Gasteiger partial charge is 0.416 e. The second-order valence-corrected chi connectivity index (χ2v) is 21.7. The van der Waals surface area contributed by atoms with Gasteiger partial charge in [-0.15, -0.1) is 0 Å². The van der Waals surface area contributed by atoms with E-state index in [0.29, 0.717) is 12.5 Å². The summed E-state index contributed by atoms with van der Waals surface area (Å²) in [6.45, 7) is 20.5. The Balaban J connectivity index is 4.67. The first kappa shape index (κ1) is 21.7. The molecule has 0 radical (unpaired) electrons. The Morgan fingerprint density at radius 1 is 0.714 bits per heavy atom. The molecule has 0 saturated heterocycles. The summed E-state index contributed by atoms with van der Waals surface area (Å²) in [7, 11) is -9.57. The molecule has 21 heavy (non-hydrogen) atoms. The minimum atomic E-state index is -2.60. The fourth-order valence-electron chi connectivity index (χ4n) is 2.22. The highest BCUT2D eigenvalue weighted by Gasteiger charge is 2.43.